The lowest BCUT2D eigenvalue weighted by Crippen LogP contribution is -2.49. The fourth-order valence-corrected chi connectivity index (χ4v) is 6.17. The number of hydrogen-bond donors (Lipinski definition) is 4. The fraction of sp³-hybridized carbons (Fsp3) is 0.419. The number of aromatic nitrogens is 2. The molecule has 9 nitrogen and oxygen atoms in total. The number of carbonyl (C=O) groups is 1. The van der Waals surface area contributed by atoms with Gasteiger partial charge >= 0.3 is 6.18 Å². The second-order valence-corrected chi connectivity index (χ2v) is 11.4. The Labute approximate surface area is 248 Å². The van der Waals surface area contributed by atoms with Gasteiger partial charge in [-0.3, -0.25) is 19.4 Å². The molecule has 0 aliphatic carbocycles. The van der Waals surface area contributed by atoms with Crippen molar-refractivity contribution >= 4 is 17.0 Å². The van der Waals surface area contributed by atoms with Crippen LogP contribution in [0.25, 0.3) is 11.1 Å². The van der Waals surface area contributed by atoms with Crippen molar-refractivity contribution in [2.24, 2.45) is 5.73 Å². The number of dihydropyridines is 1. The van der Waals surface area contributed by atoms with Gasteiger partial charge < -0.3 is 25.8 Å². The minimum atomic E-state index is -4.23. The fourth-order valence-electron chi connectivity index (χ4n) is 6.17. The van der Waals surface area contributed by atoms with E-state index in [0.29, 0.717) is 55.4 Å². The molecule has 2 aliphatic rings. The van der Waals surface area contributed by atoms with Gasteiger partial charge in [0.05, 0.1) is 17.9 Å². The first-order valence-corrected chi connectivity index (χ1v) is 14.4. The van der Waals surface area contributed by atoms with E-state index >= 15 is 0 Å². The maximum Gasteiger partial charge on any atom is 0.401 e. The molecule has 3 aromatic rings. The molecule has 1 amide bonds. The second-order valence-electron chi connectivity index (χ2n) is 11.4. The van der Waals surface area contributed by atoms with Crippen molar-refractivity contribution in [1.29, 1.82) is 0 Å². The van der Waals surface area contributed by atoms with Gasteiger partial charge in [0.25, 0.3) is 5.91 Å². The number of allylic oxidation sites excluding steroid dienone is 2. The van der Waals surface area contributed by atoms with Gasteiger partial charge in [-0.2, -0.15) is 13.2 Å². The number of hydrogen-bond acceptors (Lipinski definition) is 6. The Morgan fingerprint density at radius 2 is 1.84 bits per heavy atom. The van der Waals surface area contributed by atoms with Gasteiger partial charge in [0.15, 0.2) is 5.43 Å². The Morgan fingerprint density at radius 3 is 2.47 bits per heavy atom. The SMILES string of the molecule is Cc1cc(=O)c(CNC(=O)c2cc3c(C4=CC=C(N)NC4)ccn3c(C(C)N3CCN(CC(F)(F)F)CC3)c2C)c(C)[nH]1. The molecule has 1 fully saturated rings. The maximum absolute atomic E-state index is 13.7. The number of halogens is 3. The molecule has 1 atom stereocenters. The van der Waals surface area contributed by atoms with Crippen LogP contribution in [0.2, 0.25) is 0 Å². The average molecular weight is 598 g/mol. The van der Waals surface area contributed by atoms with Crippen molar-refractivity contribution < 1.29 is 18.0 Å². The summed E-state index contributed by atoms with van der Waals surface area (Å²) in [7, 11) is 0. The van der Waals surface area contributed by atoms with Crippen LogP contribution in [0.5, 0.6) is 0 Å². The normalized spacial score (nSPS) is 17.4. The largest absolute Gasteiger partial charge is 0.401 e. The standard InChI is InChI=1S/C31H38F3N7O2/c1-18-13-27(42)25(20(3)38-18)16-37-30(43)24-14-26-23(22-5-6-28(35)36-15-22)7-8-41(26)29(19(24)2)21(4)40-11-9-39(10-12-40)17-31(32,33)34/h5-8,13-14,21,36H,9-12,15-17,35H2,1-4H3,(H,37,43)(H,38,42). The first-order valence-electron chi connectivity index (χ1n) is 14.4. The Bertz CT molecular complexity index is 1660. The molecule has 0 aromatic carbocycles. The number of amides is 1. The van der Waals surface area contributed by atoms with E-state index in [9.17, 15) is 22.8 Å². The molecule has 12 heteroatoms. The van der Waals surface area contributed by atoms with E-state index in [1.165, 1.54) is 11.0 Å². The number of aryl methyl sites for hydroxylation is 2. The summed E-state index contributed by atoms with van der Waals surface area (Å²) >= 11 is 0. The number of rotatable bonds is 7. The van der Waals surface area contributed by atoms with Gasteiger partial charge in [0.2, 0.25) is 0 Å². The van der Waals surface area contributed by atoms with Crippen LogP contribution < -0.4 is 21.8 Å². The third-order valence-electron chi connectivity index (χ3n) is 8.45. The molecule has 230 valence electrons. The summed E-state index contributed by atoms with van der Waals surface area (Å²) in [5, 5.41) is 6.10. The highest BCUT2D eigenvalue weighted by atomic mass is 19.4. The molecule has 0 bridgehead atoms. The molecule has 5 heterocycles. The summed E-state index contributed by atoms with van der Waals surface area (Å²) in [6.07, 6.45) is 1.50. The topological polar surface area (TPSA) is 111 Å². The van der Waals surface area contributed by atoms with Crippen LogP contribution in [0.1, 0.15) is 57.1 Å². The van der Waals surface area contributed by atoms with Gasteiger partial charge in [0.1, 0.15) is 0 Å². The van der Waals surface area contributed by atoms with Crippen molar-refractivity contribution in [3.63, 3.8) is 0 Å². The molecule has 5 rings (SSSR count). The monoisotopic (exact) mass is 597 g/mol. The van der Waals surface area contributed by atoms with E-state index in [4.69, 9.17) is 5.73 Å². The number of piperazine rings is 1. The number of nitrogens with zero attached hydrogens (tertiary/aromatic N) is 3. The van der Waals surface area contributed by atoms with Gasteiger partial charge in [-0.25, -0.2) is 0 Å². The number of pyridine rings is 2. The summed E-state index contributed by atoms with van der Waals surface area (Å²) in [5.41, 5.74) is 12.6. The summed E-state index contributed by atoms with van der Waals surface area (Å²) < 4.78 is 41.0. The molecule has 2 aliphatic heterocycles. The Kier molecular flexibility index (Phi) is 8.44. The van der Waals surface area contributed by atoms with E-state index in [-0.39, 0.29) is 23.9 Å². The zero-order valence-corrected chi connectivity index (χ0v) is 24.9. The number of carbonyl (C=O) groups excluding carboxylic acids is 1. The zero-order chi connectivity index (χ0) is 31.1. The van der Waals surface area contributed by atoms with Crippen molar-refractivity contribution in [2.45, 2.75) is 46.5 Å². The van der Waals surface area contributed by atoms with Crippen LogP contribution in [-0.2, 0) is 6.54 Å². The van der Waals surface area contributed by atoms with Crippen molar-refractivity contribution in [2.75, 3.05) is 39.3 Å². The van der Waals surface area contributed by atoms with Crippen molar-refractivity contribution in [1.82, 2.24) is 29.8 Å². The molecule has 3 aromatic heterocycles. The average Bonchev–Trinajstić information content (AvgIpc) is 3.35. The summed E-state index contributed by atoms with van der Waals surface area (Å²) in [6.45, 7) is 8.78. The van der Waals surface area contributed by atoms with Gasteiger partial charge in [-0.05, 0) is 57.0 Å². The maximum atomic E-state index is 13.7. The van der Waals surface area contributed by atoms with E-state index in [1.807, 2.05) is 52.1 Å². The van der Waals surface area contributed by atoms with E-state index < -0.39 is 12.7 Å². The molecule has 0 radical (unpaired) electrons. The van der Waals surface area contributed by atoms with Gasteiger partial charge in [0, 0.05) is 91.3 Å². The van der Waals surface area contributed by atoms with Crippen LogP contribution in [0.15, 0.2) is 47.2 Å². The molecule has 0 saturated carbocycles. The molecule has 5 N–H and O–H groups in total. The lowest BCUT2D eigenvalue weighted by Gasteiger charge is -2.39. The summed E-state index contributed by atoms with van der Waals surface area (Å²) in [4.78, 5) is 33.1. The molecule has 0 spiro atoms. The quantitative estimate of drug-likeness (QED) is 0.332. The number of fused-ring (bicyclic) bond motifs is 1. The highest BCUT2D eigenvalue weighted by Gasteiger charge is 2.34. The molecular formula is C31H38F3N7O2. The first kappa shape index (κ1) is 30.4. The third kappa shape index (κ3) is 6.50. The number of aromatic amines is 1. The number of nitrogens with two attached hydrogens (primary N) is 1. The molecule has 1 unspecified atom stereocenters. The predicted molar refractivity (Wildman–Crippen MR) is 161 cm³/mol. The second kappa shape index (κ2) is 11.9. The molecular weight excluding hydrogens is 559 g/mol. The third-order valence-corrected chi connectivity index (χ3v) is 8.45. The Hall–Kier alpha value is -4.03. The van der Waals surface area contributed by atoms with Crippen LogP contribution in [-0.4, -0.2) is 70.5 Å². The number of nitrogens with one attached hydrogen (secondary N) is 3. The summed E-state index contributed by atoms with van der Waals surface area (Å²) in [6, 6.07) is 5.21. The lowest BCUT2D eigenvalue weighted by atomic mass is 9.98. The first-order chi connectivity index (χ1) is 20.3. The molecule has 1 saturated heterocycles. The van der Waals surface area contributed by atoms with E-state index in [1.54, 1.807) is 6.08 Å². The highest BCUT2D eigenvalue weighted by Crippen LogP contribution is 2.33. The van der Waals surface area contributed by atoms with E-state index in [0.717, 1.165) is 33.6 Å². The predicted octanol–water partition coefficient (Wildman–Crippen LogP) is 3.51. The number of alkyl halides is 3. The van der Waals surface area contributed by atoms with Crippen LogP contribution in [0.4, 0.5) is 13.2 Å². The Balaban J connectivity index is 1.51. The van der Waals surface area contributed by atoms with E-state index in [2.05, 4.69) is 24.9 Å². The smallest absolute Gasteiger partial charge is 0.386 e. The molecule has 43 heavy (non-hydrogen) atoms. The summed E-state index contributed by atoms with van der Waals surface area (Å²) in [5.74, 6) is 0.262. The Morgan fingerprint density at radius 1 is 1.12 bits per heavy atom. The van der Waals surface area contributed by atoms with Crippen LogP contribution >= 0.6 is 0 Å². The van der Waals surface area contributed by atoms with Gasteiger partial charge in [-0.15, -0.1) is 0 Å². The highest BCUT2D eigenvalue weighted by molar-refractivity contribution is 5.98. The minimum Gasteiger partial charge on any atom is -0.386 e. The van der Waals surface area contributed by atoms with Crippen LogP contribution in [0, 0.1) is 20.8 Å². The number of H-pyrrole nitrogens is 1. The lowest BCUT2D eigenvalue weighted by molar-refractivity contribution is -0.149. The van der Waals surface area contributed by atoms with Crippen molar-refractivity contribution in [3.05, 3.63) is 91.9 Å². The van der Waals surface area contributed by atoms with Crippen molar-refractivity contribution in [3.8, 4) is 0 Å². The zero-order valence-electron chi connectivity index (χ0n) is 24.9. The van der Waals surface area contributed by atoms with Gasteiger partial charge in [-0.1, -0.05) is 6.08 Å². The minimum absolute atomic E-state index is 0.0734. The van der Waals surface area contributed by atoms with Crippen LogP contribution in [0.3, 0.4) is 0 Å².